The van der Waals surface area contributed by atoms with Crippen LogP contribution in [0.2, 0.25) is 0 Å². The Morgan fingerprint density at radius 2 is 1.89 bits per heavy atom. The van der Waals surface area contributed by atoms with Gasteiger partial charge < -0.3 is 5.32 Å². The first-order valence-corrected chi connectivity index (χ1v) is 7.26. The molecule has 0 fully saturated rings. The lowest BCUT2D eigenvalue weighted by Gasteiger charge is -2.27. The summed E-state index contributed by atoms with van der Waals surface area (Å²) >= 11 is 1.57. The van der Waals surface area contributed by atoms with Crippen LogP contribution in [0, 0.1) is 6.92 Å². The van der Waals surface area contributed by atoms with Crippen molar-refractivity contribution < 1.29 is 13.2 Å². The van der Waals surface area contributed by atoms with Crippen LogP contribution in [-0.4, -0.2) is 18.2 Å². The Kier molecular flexibility index (Phi) is 5.38. The Hall–Kier alpha value is -0.620. The first-order valence-electron chi connectivity index (χ1n) is 6.44. The summed E-state index contributed by atoms with van der Waals surface area (Å²) in [5.41, 5.74) is 0.561. The van der Waals surface area contributed by atoms with Crippen molar-refractivity contribution in [1.29, 1.82) is 0 Å². The number of hydrogen-bond donors (Lipinski definition) is 1. The van der Waals surface area contributed by atoms with Gasteiger partial charge in [0.15, 0.2) is 0 Å². The van der Waals surface area contributed by atoms with Crippen LogP contribution in [0.3, 0.4) is 0 Å². The van der Waals surface area contributed by atoms with Crippen molar-refractivity contribution in [2.24, 2.45) is 0 Å². The van der Waals surface area contributed by atoms with Gasteiger partial charge in [-0.2, -0.15) is 13.2 Å². The molecule has 0 amide bonds. The van der Waals surface area contributed by atoms with E-state index in [2.05, 4.69) is 10.3 Å². The van der Waals surface area contributed by atoms with Crippen molar-refractivity contribution in [1.82, 2.24) is 10.3 Å². The molecule has 2 nitrogen and oxygen atoms in total. The van der Waals surface area contributed by atoms with Gasteiger partial charge in [-0.1, -0.05) is 6.92 Å². The molecule has 0 radical (unpaired) electrons. The van der Waals surface area contributed by atoms with E-state index in [0.29, 0.717) is 6.42 Å². The number of rotatable bonds is 6. The third-order valence-electron chi connectivity index (χ3n) is 3.39. The number of halogens is 3. The average molecular weight is 294 g/mol. The number of nitrogens with zero attached hydrogens (tertiary/aromatic N) is 1. The van der Waals surface area contributed by atoms with E-state index < -0.39 is 18.1 Å². The number of nitrogens with one attached hydrogen (secondary N) is 1. The number of aromatic nitrogens is 1. The maximum atomic E-state index is 12.2. The lowest BCUT2D eigenvalue weighted by atomic mass is 9.95. The van der Waals surface area contributed by atoms with Crippen LogP contribution in [0.25, 0.3) is 0 Å². The first-order chi connectivity index (χ1) is 8.72. The summed E-state index contributed by atoms with van der Waals surface area (Å²) in [5, 5.41) is 4.01. The third-order valence-corrected chi connectivity index (χ3v) is 4.67. The summed E-state index contributed by atoms with van der Waals surface area (Å²) in [4.78, 5) is 5.71. The predicted octanol–water partition coefficient (Wildman–Crippen LogP) is 4.18. The Bertz CT molecular complexity index is 415. The molecule has 19 heavy (non-hydrogen) atoms. The molecule has 0 aliphatic rings. The average Bonchev–Trinajstić information content (AvgIpc) is 2.69. The highest BCUT2D eigenvalue weighted by Crippen LogP contribution is 2.33. The molecule has 1 aromatic rings. The normalized spacial score (nSPS) is 15.5. The molecule has 0 saturated carbocycles. The molecule has 1 atom stereocenters. The Balaban J connectivity index is 2.78. The molecular formula is C13H21F3N2S. The van der Waals surface area contributed by atoms with E-state index >= 15 is 0 Å². The molecule has 0 aliphatic heterocycles. The standard InChI is InChI=1S/C13H21F3N2S/c1-5-10-9(2)19-11(18-10)12(3,17-4)7-6-8-13(14,15)16/h17H,5-8H2,1-4H3. The Labute approximate surface area is 116 Å². The van der Waals surface area contributed by atoms with Gasteiger partial charge in [-0.3, -0.25) is 0 Å². The zero-order valence-corrected chi connectivity index (χ0v) is 12.6. The second-order valence-corrected chi connectivity index (χ2v) is 6.13. The second-order valence-electron chi connectivity index (χ2n) is 4.93. The minimum absolute atomic E-state index is 0.112. The fourth-order valence-corrected chi connectivity index (χ4v) is 3.16. The third kappa shape index (κ3) is 4.45. The van der Waals surface area contributed by atoms with Gasteiger partial charge >= 0.3 is 6.18 Å². The van der Waals surface area contributed by atoms with Crippen LogP contribution in [0.5, 0.6) is 0 Å². The molecule has 0 aromatic carbocycles. The molecule has 1 unspecified atom stereocenters. The molecule has 110 valence electrons. The van der Waals surface area contributed by atoms with Gasteiger partial charge in [0.25, 0.3) is 0 Å². The lowest BCUT2D eigenvalue weighted by molar-refractivity contribution is -0.136. The van der Waals surface area contributed by atoms with Gasteiger partial charge in [0.1, 0.15) is 5.01 Å². The number of aryl methyl sites for hydroxylation is 2. The van der Waals surface area contributed by atoms with Gasteiger partial charge in [0.05, 0.1) is 11.2 Å². The Morgan fingerprint density at radius 3 is 2.32 bits per heavy atom. The van der Waals surface area contributed by atoms with Gasteiger partial charge in [-0.15, -0.1) is 11.3 Å². The summed E-state index contributed by atoms with van der Waals surface area (Å²) in [7, 11) is 1.77. The van der Waals surface area contributed by atoms with Crippen molar-refractivity contribution in [3.8, 4) is 0 Å². The lowest BCUT2D eigenvalue weighted by Crippen LogP contribution is -2.37. The highest BCUT2D eigenvalue weighted by molar-refractivity contribution is 7.11. The molecular weight excluding hydrogens is 273 g/mol. The van der Waals surface area contributed by atoms with Gasteiger partial charge in [-0.25, -0.2) is 4.98 Å². The molecule has 1 rings (SSSR count). The summed E-state index contributed by atoms with van der Waals surface area (Å²) in [6.07, 6.45) is -3.43. The summed E-state index contributed by atoms with van der Waals surface area (Å²) in [6.45, 7) is 5.96. The highest BCUT2D eigenvalue weighted by Gasteiger charge is 2.32. The van der Waals surface area contributed by atoms with Crippen LogP contribution in [0.15, 0.2) is 0 Å². The van der Waals surface area contributed by atoms with Gasteiger partial charge in [0, 0.05) is 11.3 Å². The Morgan fingerprint density at radius 1 is 1.26 bits per heavy atom. The largest absolute Gasteiger partial charge is 0.389 e. The van der Waals surface area contributed by atoms with Crippen molar-refractivity contribution in [3.63, 3.8) is 0 Å². The summed E-state index contributed by atoms with van der Waals surface area (Å²) in [6, 6.07) is 0. The zero-order valence-electron chi connectivity index (χ0n) is 11.8. The van der Waals surface area contributed by atoms with E-state index in [0.717, 1.165) is 22.0 Å². The number of thiazole rings is 1. The van der Waals surface area contributed by atoms with Crippen molar-refractivity contribution in [2.75, 3.05) is 7.05 Å². The molecule has 0 spiro atoms. The SMILES string of the molecule is CCc1nc(C(C)(CCCC(F)(F)F)NC)sc1C. The fraction of sp³-hybridized carbons (Fsp3) is 0.769. The van der Waals surface area contributed by atoms with Crippen molar-refractivity contribution >= 4 is 11.3 Å². The monoisotopic (exact) mass is 294 g/mol. The van der Waals surface area contributed by atoms with E-state index in [1.54, 1.807) is 18.4 Å². The molecule has 1 heterocycles. The minimum Gasteiger partial charge on any atom is -0.309 e. The molecule has 0 bridgehead atoms. The van der Waals surface area contributed by atoms with Gasteiger partial charge in [-0.05, 0) is 40.2 Å². The molecule has 6 heteroatoms. The topological polar surface area (TPSA) is 24.9 Å². The van der Waals surface area contributed by atoms with Crippen molar-refractivity contribution in [3.05, 3.63) is 15.6 Å². The maximum absolute atomic E-state index is 12.2. The zero-order chi connectivity index (χ0) is 14.7. The van der Waals surface area contributed by atoms with Crippen LogP contribution >= 0.6 is 11.3 Å². The smallest absolute Gasteiger partial charge is 0.309 e. The maximum Gasteiger partial charge on any atom is 0.389 e. The molecule has 0 saturated heterocycles. The fourth-order valence-electron chi connectivity index (χ4n) is 1.97. The number of alkyl halides is 3. The van der Waals surface area contributed by atoms with Gasteiger partial charge in [0.2, 0.25) is 0 Å². The van der Waals surface area contributed by atoms with Crippen molar-refractivity contribution in [2.45, 2.75) is 58.2 Å². The van der Waals surface area contributed by atoms with E-state index in [9.17, 15) is 13.2 Å². The van der Waals surface area contributed by atoms with Crippen LogP contribution in [0.4, 0.5) is 13.2 Å². The van der Waals surface area contributed by atoms with E-state index in [1.807, 2.05) is 20.8 Å². The van der Waals surface area contributed by atoms with Crippen LogP contribution in [0.1, 0.15) is 48.7 Å². The second kappa shape index (κ2) is 6.22. The molecule has 1 aromatic heterocycles. The first kappa shape index (κ1) is 16.4. The van der Waals surface area contributed by atoms with E-state index in [-0.39, 0.29) is 6.42 Å². The summed E-state index contributed by atoms with van der Waals surface area (Å²) in [5.74, 6) is 0. The van der Waals surface area contributed by atoms with E-state index in [4.69, 9.17) is 0 Å². The quantitative estimate of drug-likeness (QED) is 0.851. The van der Waals surface area contributed by atoms with Crippen LogP contribution < -0.4 is 5.32 Å². The number of hydrogen-bond acceptors (Lipinski definition) is 3. The molecule has 1 N–H and O–H groups in total. The highest BCUT2D eigenvalue weighted by atomic mass is 32.1. The van der Waals surface area contributed by atoms with Crippen LogP contribution in [-0.2, 0) is 12.0 Å². The predicted molar refractivity (Wildman–Crippen MR) is 72.5 cm³/mol. The minimum atomic E-state index is -4.08. The van der Waals surface area contributed by atoms with E-state index in [1.165, 1.54) is 0 Å². The summed E-state index contributed by atoms with van der Waals surface area (Å²) < 4.78 is 36.7. The molecule has 0 aliphatic carbocycles.